The molecule has 134 valence electrons. The highest BCUT2D eigenvalue weighted by atomic mass is 16.5. The van der Waals surface area contributed by atoms with Crippen LogP contribution in [0.3, 0.4) is 0 Å². The van der Waals surface area contributed by atoms with E-state index in [1.54, 1.807) is 7.11 Å². The Morgan fingerprint density at radius 3 is 2.46 bits per heavy atom. The van der Waals surface area contributed by atoms with Crippen molar-refractivity contribution in [2.45, 2.75) is 45.1 Å². The van der Waals surface area contributed by atoms with Gasteiger partial charge in [-0.25, -0.2) is 0 Å². The van der Waals surface area contributed by atoms with E-state index in [1.165, 1.54) is 12.8 Å². The van der Waals surface area contributed by atoms with Gasteiger partial charge in [0.1, 0.15) is 5.75 Å². The second kappa shape index (κ2) is 8.49. The summed E-state index contributed by atoms with van der Waals surface area (Å²) in [5.41, 5.74) is 0.730. The van der Waals surface area contributed by atoms with Crippen molar-refractivity contribution in [2.75, 3.05) is 32.6 Å². The molecule has 0 unspecified atom stereocenters. The van der Waals surface area contributed by atoms with Crippen molar-refractivity contribution in [2.24, 2.45) is 5.41 Å². The van der Waals surface area contributed by atoms with Crippen LogP contribution in [0.25, 0.3) is 0 Å². The minimum atomic E-state index is -0.198. The van der Waals surface area contributed by atoms with Crippen LogP contribution < -0.4 is 10.1 Å². The van der Waals surface area contributed by atoms with Gasteiger partial charge in [-0.3, -0.25) is 9.69 Å². The molecule has 0 aliphatic heterocycles. The maximum absolute atomic E-state index is 12.7. The molecular formula is C19H30N2O3. The molecule has 5 nitrogen and oxygen atoms in total. The average molecular weight is 334 g/mol. The molecule has 1 aromatic rings. The summed E-state index contributed by atoms with van der Waals surface area (Å²) in [5.74, 6) is 0.763. The van der Waals surface area contributed by atoms with Gasteiger partial charge in [-0.1, -0.05) is 19.8 Å². The quantitative estimate of drug-likeness (QED) is 0.767. The molecule has 1 aliphatic carbocycles. The molecule has 1 amide bonds. The fourth-order valence-corrected chi connectivity index (χ4v) is 3.73. The first kappa shape index (κ1) is 18.7. The number of rotatable bonds is 8. The van der Waals surface area contributed by atoms with Gasteiger partial charge in [-0.05, 0) is 50.6 Å². The number of aliphatic hydroxyl groups is 1. The molecule has 0 heterocycles. The van der Waals surface area contributed by atoms with Gasteiger partial charge in [0.15, 0.2) is 0 Å². The normalized spacial score (nSPS) is 17.7. The Hall–Kier alpha value is -1.59. The lowest BCUT2D eigenvalue weighted by molar-refractivity contribution is -0.121. The first-order valence-electron chi connectivity index (χ1n) is 8.79. The molecule has 1 aliphatic rings. The van der Waals surface area contributed by atoms with Crippen LogP contribution >= 0.6 is 0 Å². The van der Waals surface area contributed by atoms with Crippen LogP contribution in [0.15, 0.2) is 24.3 Å². The van der Waals surface area contributed by atoms with E-state index in [1.807, 2.05) is 38.2 Å². The van der Waals surface area contributed by atoms with Crippen molar-refractivity contribution < 1.29 is 14.6 Å². The Labute approximate surface area is 145 Å². The summed E-state index contributed by atoms with van der Waals surface area (Å²) in [5, 5.41) is 12.8. The summed E-state index contributed by atoms with van der Waals surface area (Å²) in [6, 6.07) is 7.15. The van der Waals surface area contributed by atoms with Crippen molar-refractivity contribution in [3.8, 4) is 5.75 Å². The number of ether oxygens (including phenoxy) is 1. The molecule has 1 saturated carbocycles. The number of hydrogen-bond acceptors (Lipinski definition) is 4. The standard InChI is InChI=1S/C19H30N2O3/c1-4-17(21(2)13-19(14-22)11-5-6-12-19)18(23)20-15-7-9-16(24-3)10-8-15/h7-10,17,22H,4-6,11-14H2,1-3H3,(H,20,23)/t17-/m0/s1. The predicted molar refractivity (Wildman–Crippen MR) is 96.3 cm³/mol. The molecule has 1 atom stereocenters. The highest BCUT2D eigenvalue weighted by molar-refractivity contribution is 5.94. The maximum atomic E-state index is 12.7. The molecule has 5 heteroatoms. The van der Waals surface area contributed by atoms with Crippen molar-refractivity contribution in [1.82, 2.24) is 4.90 Å². The lowest BCUT2D eigenvalue weighted by Gasteiger charge is -2.35. The third-order valence-electron chi connectivity index (χ3n) is 5.16. The molecule has 1 aromatic carbocycles. The summed E-state index contributed by atoms with van der Waals surface area (Å²) >= 11 is 0. The van der Waals surface area contributed by atoms with Crippen LogP contribution in [0, 0.1) is 5.41 Å². The number of carbonyl (C=O) groups is 1. The van der Waals surface area contributed by atoms with Gasteiger partial charge >= 0.3 is 0 Å². The predicted octanol–water partition coefficient (Wildman–Crippen LogP) is 2.90. The summed E-state index contributed by atoms with van der Waals surface area (Å²) < 4.78 is 5.13. The number of benzene rings is 1. The van der Waals surface area contributed by atoms with E-state index in [2.05, 4.69) is 10.2 Å². The number of nitrogens with one attached hydrogen (secondary N) is 1. The van der Waals surface area contributed by atoms with E-state index in [-0.39, 0.29) is 24.0 Å². The topological polar surface area (TPSA) is 61.8 Å². The van der Waals surface area contributed by atoms with Gasteiger partial charge in [-0.2, -0.15) is 0 Å². The third kappa shape index (κ3) is 4.48. The maximum Gasteiger partial charge on any atom is 0.241 e. The monoisotopic (exact) mass is 334 g/mol. The molecule has 1 fully saturated rings. The molecular weight excluding hydrogens is 304 g/mol. The Kier molecular flexibility index (Phi) is 6.63. The molecule has 2 rings (SSSR count). The fourth-order valence-electron chi connectivity index (χ4n) is 3.73. The molecule has 0 radical (unpaired) electrons. The van der Waals surface area contributed by atoms with Gasteiger partial charge in [-0.15, -0.1) is 0 Å². The number of hydrogen-bond donors (Lipinski definition) is 2. The number of aliphatic hydroxyl groups excluding tert-OH is 1. The largest absolute Gasteiger partial charge is 0.497 e. The SMILES string of the molecule is CC[C@@H](C(=O)Nc1ccc(OC)cc1)N(C)CC1(CO)CCCC1. The number of methoxy groups -OCH3 is 1. The van der Waals surface area contributed by atoms with Gasteiger partial charge in [0.25, 0.3) is 0 Å². The molecule has 24 heavy (non-hydrogen) atoms. The highest BCUT2D eigenvalue weighted by Gasteiger charge is 2.36. The highest BCUT2D eigenvalue weighted by Crippen LogP contribution is 2.38. The van der Waals surface area contributed by atoms with Gasteiger partial charge in [0, 0.05) is 24.3 Å². The number of nitrogens with zero attached hydrogens (tertiary/aromatic N) is 1. The Balaban J connectivity index is 1.98. The van der Waals surface area contributed by atoms with Crippen LogP contribution in [-0.4, -0.2) is 49.3 Å². The van der Waals surface area contributed by atoms with Crippen molar-refractivity contribution in [1.29, 1.82) is 0 Å². The second-order valence-electron chi connectivity index (χ2n) is 6.92. The number of anilines is 1. The Bertz CT molecular complexity index is 524. The zero-order chi connectivity index (χ0) is 17.6. The van der Waals surface area contributed by atoms with E-state index < -0.39 is 0 Å². The Morgan fingerprint density at radius 1 is 1.33 bits per heavy atom. The zero-order valence-electron chi connectivity index (χ0n) is 15.0. The first-order chi connectivity index (χ1) is 11.5. The van der Waals surface area contributed by atoms with Crippen molar-refractivity contribution in [3.05, 3.63) is 24.3 Å². The molecule has 0 saturated heterocycles. The third-order valence-corrected chi connectivity index (χ3v) is 5.16. The summed E-state index contributed by atoms with van der Waals surface area (Å²) in [6.07, 6.45) is 5.17. The van der Waals surface area contributed by atoms with Crippen molar-refractivity contribution in [3.63, 3.8) is 0 Å². The fraction of sp³-hybridized carbons (Fsp3) is 0.632. The first-order valence-corrected chi connectivity index (χ1v) is 8.79. The molecule has 0 aromatic heterocycles. The van der Waals surface area contributed by atoms with E-state index in [4.69, 9.17) is 4.74 Å². The van der Waals surface area contributed by atoms with Crippen LogP contribution in [0.1, 0.15) is 39.0 Å². The van der Waals surface area contributed by atoms with E-state index in [9.17, 15) is 9.90 Å². The molecule has 2 N–H and O–H groups in total. The summed E-state index contributed by atoms with van der Waals surface area (Å²) in [4.78, 5) is 14.8. The van der Waals surface area contributed by atoms with Crippen molar-refractivity contribution >= 4 is 11.6 Å². The molecule has 0 bridgehead atoms. The van der Waals surface area contributed by atoms with Crippen LogP contribution in [0.4, 0.5) is 5.69 Å². The average Bonchev–Trinajstić information content (AvgIpc) is 3.05. The lowest BCUT2D eigenvalue weighted by atomic mass is 9.86. The van der Waals surface area contributed by atoms with Gasteiger partial charge in [0.05, 0.1) is 13.2 Å². The zero-order valence-corrected chi connectivity index (χ0v) is 15.0. The van der Waals surface area contributed by atoms with Gasteiger partial charge < -0.3 is 15.2 Å². The Morgan fingerprint density at radius 2 is 1.96 bits per heavy atom. The number of amides is 1. The number of carbonyl (C=O) groups excluding carboxylic acids is 1. The van der Waals surface area contributed by atoms with E-state index in [0.717, 1.165) is 37.2 Å². The minimum absolute atomic E-state index is 0.00347. The van der Waals surface area contributed by atoms with Crippen LogP contribution in [0.5, 0.6) is 5.75 Å². The van der Waals surface area contributed by atoms with E-state index >= 15 is 0 Å². The summed E-state index contributed by atoms with van der Waals surface area (Å²) in [7, 11) is 3.60. The minimum Gasteiger partial charge on any atom is -0.497 e. The molecule has 0 spiro atoms. The summed E-state index contributed by atoms with van der Waals surface area (Å²) in [6.45, 7) is 2.99. The number of likely N-dealkylation sites (N-methyl/N-ethyl adjacent to an activating group) is 1. The smallest absolute Gasteiger partial charge is 0.241 e. The van der Waals surface area contributed by atoms with Gasteiger partial charge in [0.2, 0.25) is 5.91 Å². The van der Waals surface area contributed by atoms with E-state index in [0.29, 0.717) is 0 Å². The lowest BCUT2D eigenvalue weighted by Crippen LogP contribution is -2.47. The second-order valence-corrected chi connectivity index (χ2v) is 6.92. The van der Waals surface area contributed by atoms with Crippen LogP contribution in [-0.2, 0) is 4.79 Å². The van der Waals surface area contributed by atoms with Crippen LogP contribution in [0.2, 0.25) is 0 Å².